The van der Waals surface area contributed by atoms with E-state index in [0.717, 1.165) is 141 Å². The lowest BCUT2D eigenvalue weighted by atomic mass is 9.76. The van der Waals surface area contributed by atoms with Gasteiger partial charge in [0.05, 0.1) is 32.0 Å². The molecule has 0 amide bonds. The summed E-state index contributed by atoms with van der Waals surface area (Å²) in [5, 5.41) is 30.9. The summed E-state index contributed by atoms with van der Waals surface area (Å²) in [5.41, 5.74) is 4.19. The SMILES string of the molecule is CC(C)(C)C1CCCCN1.CC(C)(C)C1CCCCO1.CC(C)(C)C1CCCNC1.CC(C)(C)C1CCCOC1.CC(C)(C)C1CCNCC1.CC(C)(C)C1CCOCC1.CC(C)(C)C1CNCCN1.CC(C)(C)C1CNCCN1.CC(C)(C)C1CNCCO1.CC(C)(C)C1COCCN1. The molecular weight excluding hydrogens is 1240 g/mol. The van der Waals surface area contributed by atoms with Gasteiger partial charge in [0.15, 0.2) is 0 Å². The van der Waals surface area contributed by atoms with Gasteiger partial charge in [0, 0.05) is 116 Å². The fourth-order valence-electron chi connectivity index (χ4n) is 14.1. The van der Waals surface area contributed by atoms with Crippen LogP contribution in [0.15, 0.2) is 0 Å². The van der Waals surface area contributed by atoms with E-state index in [4.69, 9.17) is 23.7 Å². The van der Waals surface area contributed by atoms with E-state index < -0.39 is 0 Å². The van der Waals surface area contributed by atoms with E-state index in [9.17, 15) is 0 Å². The summed E-state index contributed by atoms with van der Waals surface area (Å²) in [4.78, 5) is 0. The van der Waals surface area contributed by atoms with Crippen molar-refractivity contribution in [2.45, 2.75) is 334 Å². The van der Waals surface area contributed by atoms with Crippen molar-refractivity contribution in [1.82, 2.24) is 47.9 Å². The minimum atomic E-state index is 0.285. The number of hydrogen-bond donors (Lipinski definition) is 9. The normalized spacial score (nSPS) is 27.4. The lowest BCUT2D eigenvalue weighted by Crippen LogP contribution is -2.54. The molecule has 600 valence electrons. The van der Waals surface area contributed by atoms with Crippen LogP contribution in [0.4, 0.5) is 0 Å². The molecule has 0 radical (unpaired) electrons. The zero-order valence-corrected chi connectivity index (χ0v) is 72.8. The first-order valence-corrected chi connectivity index (χ1v) is 41.5. The summed E-state index contributed by atoms with van der Waals surface area (Å²) in [6.07, 6.45) is 19.5. The van der Waals surface area contributed by atoms with Crippen LogP contribution in [0.2, 0.25) is 0 Å². The van der Waals surface area contributed by atoms with Gasteiger partial charge < -0.3 is 71.5 Å². The second-order valence-electron chi connectivity index (χ2n) is 42.0. The lowest BCUT2D eigenvalue weighted by molar-refractivity contribution is -0.0474. The minimum Gasteiger partial charge on any atom is -0.381 e. The summed E-state index contributed by atoms with van der Waals surface area (Å²) in [7, 11) is 0. The maximum absolute atomic E-state index is 5.64. The number of nitrogens with one attached hydrogen (secondary N) is 9. The van der Waals surface area contributed by atoms with Crippen LogP contribution in [-0.4, -0.2) is 181 Å². The van der Waals surface area contributed by atoms with Gasteiger partial charge in [0.2, 0.25) is 0 Å². The van der Waals surface area contributed by atoms with Crippen molar-refractivity contribution < 1.29 is 23.7 Å². The zero-order valence-electron chi connectivity index (χ0n) is 72.8. The van der Waals surface area contributed by atoms with Gasteiger partial charge in [-0.15, -0.1) is 0 Å². The molecule has 14 heteroatoms. The number of piperidine rings is 3. The number of rotatable bonds is 0. The largest absolute Gasteiger partial charge is 0.381 e. The van der Waals surface area contributed by atoms with E-state index in [1.165, 1.54) is 123 Å². The average molecular weight is 1420 g/mol. The summed E-state index contributed by atoms with van der Waals surface area (Å²) >= 11 is 0. The minimum absolute atomic E-state index is 0.285. The molecule has 10 aliphatic heterocycles. The molecule has 0 aromatic heterocycles. The smallest absolute Gasteiger partial charge is 0.0748 e. The summed E-state index contributed by atoms with van der Waals surface area (Å²) < 4.78 is 27.3. The summed E-state index contributed by atoms with van der Waals surface area (Å²) in [6.45, 7) is 91.9. The van der Waals surface area contributed by atoms with Crippen molar-refractivity contribution in [1.29, 1.82) is 0 Å². The first-order chi connectivity index (χ1) is 46.1. The van der Waals surface area contributed by atoms with E-state index in [1.807, 2.05) is 0 Å². The van der Waals surface area contributed by atoms with Gasteiger partial charge in [-0.3, -0.25) is 0 Å². The number of piperazine rings is 2. The summed E-state index contributed by atoms with van der Waals surface area (Å²) in [5.74, 6) is 3.48. The molecule has 100 heavy (non-hydrogen) atoms. The van der Waals surface area contributed by atoms with Gasteiger partial charge in [-0.05, 0) is 194 Å². The fourth-order valence-corrected chi connectivity index (χ4v) is 14.1. The second kappa shape index (κ2) is 48.1. The highest BCUT2D eigenvalue weighted by molar-refractivity contribution is 4.89. The molecule has 9 N–H and O–H groups in total. The van der Waals surface area contributed by atoms with E-state index in [2.05, 4.69) is 256 Å². The molecule has 8 atom stereocenters. The lowest BCUT2D eigenvalue weighted by Gasteiger charge is -2.35. The van der Waals surface area contributed by atoms with Crippen molar-refractivity contribution in [3.05, 3.63) is 0 Å². The third kappa shape index (κ3) is 46.6. The Hall–Kier alpha value is -0.560. The Morgan fingerprint density at radius 1 is 0.210 bits per heavy atom. The van der Waals surface area contributed by atoms with Crippen molar-refractivity contribution in [2.75, 3.05) is 144 Å². The topological polar surface area (TPSA) is 154 Å². The second-order valence-corrected chi connectivity index (χ2v) is 42.0. The van der Waals surface area contributed by atoms with Gasteiger partial charge in [-0.1, -0.05) is 214 Å². The zero-order chi connectivity index (χ0) is 76.1. The highest BCUT2D eigenvalue weighted by Crippen LogP contribution is 2.36. The van der Waals surface area contributed by atoms with Crippen LogP contribution in [0.5, 0.6) is 0 Å². The van der Waals surface area contributed by atoms with E-state index in [1.54, 1.807) is 0 Å². The third-order valence-corrected chi connectivity index (χ3v) is 22.5. The van der Waals surface area contributed by atoms with Crippen LogP contribution in [-0.2, 0) is 23.7 Å². The van der Waals surface area contributed by atoms with Crippen LogP contribution in [0.1, 0.15) is 298 Å². The fraction of sp³-hybridized carbons (Fsp3) is 1.00. The molecule has 10 aliphatic rings. The highest BCUT2D eigenvalue weighted by Gasteiger charge is 2.33. The molecule has 10 fully saturated rings. The molecule has 8 unspecified atom stereocenters. The van der Waals surface area contributed by atoms with Crippen LogP contribution >= 0.6 is 0 Å². The highest BCUT2D eigenvalue weighted by atomic mass is 16.5. The molecule has 0 bridgehead atoms. The van der Waals surface area contributed by atoms with Crippen LogP contribution < -0.4 is 47.9 Å². The van der Waals surface area contributed by atoms with Gasteiger partial charge in [-0.25, -0.2) is 0 Å². The van der Waals surface area contributed by atoms with Crippen LogP contribution in [0.3, 0.4) is 0 Å². The van der Waals surface area contributed by atoms with Crippen LogP contribution in [0.25, 0.3) is 0 Å². The van der Waals surface area contributed by atoms with Gasteiger partial charge >= 0.3 is 0 Å². The average Bonchev–Trinajstić information content (AvgIpc) is 1.11. The van der Waals surface area contributed by atoms with E-state index in [0.29, 0.717) is 79.1 Å². The Morgan fingerprint density at radius 3 is 0.920 bits per heavy atom. The van der Waals surface area contributed by atoms with E-state index >= 15 is 0 Å². The quantitative estimate of drug-likeness (QED) is 0.113. The van der Waals surface area contributed by atoms with E-state index in [-0.39, 0.29) is 5.41 Å². The maximum atomic E-state index is 5.64. The molecule has 10 saturated heterocycles. The molecular formula is C86H181N9O5. The molecule has 0 aliphatic carbocycles. The van der Waals surface area contributed by atoms with Crippen molar-refractivity contribution in [2.24, 2.45) is 77.8 Å². The Kier molecular flexibility index (Phi) is 46.8. The van der Waals surface area contributed by atoms with Crippen molar-refractivity contribution >= 4 is 0 Å². The summed E-state index contributed by atoms with van der Waals surface area (Å²) in [6, 6.07) is 2.56. The first kappa shape index (κ1) is 97.5. The van der Waals surface area contributed by atoms with Gasteiger partial charge in [0.25, 0.3) is 0 Å². The van der Waals surface area contributed by atoms with Crippen molar-refractivity contribution in [3.8, 4) is 0 Å². The molecule has 0 aromatic rings. The number of ether oxygens (including phenoxy) is 5. The molecule has 0 spiro atoms. The third-order valence-electron chi connectivity index (χ3n) is 22.5. The number of morpholine rings is 2. The van der Waals surface area contributed by atoms with Crippen molar-refractivity contribution in [3.63, 3.8) is 0 Å². The predicted octanol–water partition coefficient (Wildman–Crippen LogP) is 17.0. The van der Waals surface area contributed by atoms with Crippen LogP contribution in [0, 0.1) is 77.8 Å². The molecule has 14 nitrogen and oxygen atoms in total. The standard InChI is InChI=1S/3C9H19N.3C9H18O.2C8H18N2.2C8H17NO/c1-9(2,3)8-4-6-10-7-5-8;1-9(2,3)8-5-4-6-10-7-8;1-9(2,3)8-6-4-5-7-10-8;1-9(2,3)8-4-6-10-7-5-8;1-9(2,3)8-5-4-6-10-7-8;1-9(2,3)8-6-4-5-7-10-8;2*1-8(2,3)7-6-9-4-5-10-7;1-8(2,3)7-6-10-5-4-9-7;1-8(2,3)7-6-9-4-5-10-7/h3*8,10H,4-7H2,1-3H3;3*8H,4-7H2,1-3H3;2*7,9-10H,4-6H2,1-3H3;2*7,9H,4-6H2,1-3H3. The molecule has 0 aromatic carbocycles. The molecule has 0 saturated carbocycles. The number of hydrogen-bond acceptors (Lipinski definition) is 14. The van der Waals surface area contributed by atoms with Gasteiger partial charge in [0.1, 0.15) is 0 Å². The Balaban J connectivity index is 0.000000556. The van der Waals surface area contributed by atoms with Gasteiger partial charge in [-0.2, -0.15) is 0 Å². The maximum Gasteiger partial charge on any atom is 0.0748 e. The monoisotopic (exact) mass is 1420 g/mol. The Bertz CT molecular complexity index is 1450. The predicted molar refractivity (Wildman–Crippen MR) is 437 cm³/mol. The Morgan fingerprint density at radius 2 is 0.650 bits per heavy atom. The molecule has 10 heterocycles. The first-order valence-electron chi connectivity index (χ1n) is 41.5. The Labute approximate surface area is 624 Å². The molecule has 10 rings (SSSR count).